The Kier molecular flexibility index (Phi) is 3.35. The van der Waals surface area contributed by atoms with Gasteiger partial charge in [-0.1, -0.05) is 11.6 Å². The van der Waals surface area contributed by atoms with E-state index >= 15 is 0 Å². The number of rotatable bonds is 3. The summed E-state index contributed by atoms with van der Waals surface area (Å²) in [6.45, 7) is 3.58. The van der Waals surface area contributed by atoms with E-state index < -0.39 is 0 Å². The van der Waals surface area contributed by atoms with E-state index in [-0.39, 0.29) is 24.4 Å². The van der Waals surface area contributed by atoms with Gasteiger partial charge in [0.15, 0.2) is 5.82 Å². The van der Waals surface area contributed by atoms with Gasteiger partial charge in [0, 0.05) is 6.20 Å². The highest BCUT2D eigenvalue weighted by molar-refractivity contribution is 6.32. The highest BCUT2D eigenvalue weighted by atomic mass is 35.5. The van der Waals surface area contributed by atoms with Crippen LogP contribution in [-0.2, 0) is 16.1 Å². The summed E-state index contributed by atoms with van der Waals surface area (Å²) in [6, 6.07) is 0. The predicted molar refractivity (Wildman–Crippen MR) is 52.9 cm³/mol. The zero-order valence-corrected chi connectivity index (χ0v) is 8.78. The van der Waals surface area contributed by atoms with Crippen molar-refractivity contribution in [1.29, 1.82) is 0 Å². The fourth-order valence-corrected chi connectivity index (χ4v) is 1.08. The Morgan fingerprint density at radius 1 is 1.79 bits per heavy atom. The molecule has 2 N–H and O–H groups in total. The number of carbonyl (C=O) groups is 1. The summed E-state index contributed by atoms with van der Waals surface area (Å²) < 4.78 is 6.27. The number of esters is 1. The molecule has 78 valence electrons. The molecule has 0 atom stereocenters. The maximum atomic E-state index is 11.2. The van der Waals surface area contributed by atoms with E-state index in [1.807, 2.05) is 0 Å². The fourth-order valence-electron chi connectivity index (χ4n) is 0.925. The van der Waals surface area contributed by atoms with Crippen LogP contribution in [0.5, 0.6) is 0 Å². The number of nitrogens with zero attached hydrogens (tertiary/aromatic N) is 2. The van der Waals surface area contributed by atoms with Crippen LogP contribution in [0.25, 0.3) is 0 Å². The van der Waals surface area contributed by atoms with Crippen LogP contribution < -0.4 is 5.73 Å². The number of halogens is 1. The van der Waals surface area contributed by atoms with E-state index in [9.17, 15) is 4.79 Å². The van der Waals surface area contributed by atoms with Crippen molar-refractivity contribution in [3.63, 3.8) is 0 Å². The third-order valence-corrected chi connectivity index (χ3v) is 1.69. The highest BCUT2D eigenvalue weighted by Crippen LogP contribution is 2.14. The average molecular weight is 218 g/mol. The van der Waals surface area contributed by atoms with Gasteiger partial charge in [0.05, 0.1) is 6.10 Å². The van der Waals surface area contributed by atoms with Gasteiger partial charge in [-0.3, -0.25) is 9.48 Å². The van der Waals surface area contributed by atoms with Crippen molar-refractivity contribution in [2.75, 3.05) is 5.73 Å². The van der Waals surface area contributed by atoms with Crippen LogP contribution in [0.15, 0.2) is 6.20 Å². The van der Waals surface area contributed by atoms with Crippen molar-refractivity contribution in [3.8, 4) is 0 Å². The standard InChI is InChI=1S/C8H12ClN3O2/c1-5(2)14-7(13)4-12-3-6(9)8(10)11-12/h3,5H,4H2,1-2H3,(H2,10,11). The first-order chi connectivity index (χ1) is 6.49. The summed E-state index contributed by atoms with van der Waals surface area (Å²) in [5, 5.41) is 4.15. The molecule has 1 rings (SSSR count). The Bertz CT molecular complexity index is 316. The Morgan fingerprint density at radius 3 is 2.86 bits per heavy atom. The number of hydrogen-bond acceptors (Lipinski definition) is 4. The van der Waals surface area contributed by atoms with Crippen LogP contribution in [-0.4, -0.2) is 21.9 Å². The van der Waals surface area contributed by atoms with E-state index in [1.54, 1.807) is 13.8 Å². The molecule has 0 aliphatic heterocycles. The molecular formula is C8H12ClN3O2. The topological polar surface area (TPSA) is 70.1 Å². The molecule has 0 amide bonds. The first kappa shape index (κ1) is 10.8. The molecule has 0 spiro atoms. The zero-order valence-electron chi connectivity index (χ0n) is 8.03. The van der Waals surface area contributed by atoms with Gasteiger partial charge in [-0.15, -0.1) is 0 Å². The molecule has 1 aromatic rings. The number of ether oxygens (including phenoxy) is 1. The molecular weight excluding hydrogens is 206 g/mol. The average Bonchev–Trinajstić information content (AvgIpc) is 2.28. The van der Waals surface area contributed by atoms with Crippen LogP contribution in [0.1, 0.15) is 13.8 Å². The second-order valence-electron chi connectivity index (χ2n) is 3.10. The molecule has 0 saturated heterocycles. The molecule has 0 unspecified atom stereocenters. The number of nitrogens with two attached hydrogens (primary N) is 1. The summed E-state index contributed by atoms with van der Waals surface area (Å²) in [6.07, 6.45) is 1.35. The maximum Gasteiger partial charge on any atom is 0.328 e. The van der Waals surface area contributed by atoms with E-state index in [1.165, 1.54) is 10.9 Å². The normalized spacial score (nSPS) is 10.6. The maximum absolute atomic E-state index is 11.2. The molecule has 6 heteroatoms. The lowest BCUT2D eigenvalue weighted by Gasteiger charge is -2.07. The SMILES string of the molecule is CC(C)OC(=O)Cn1cc(Cl)c(N)n1. The van der Waals surface area contributed by atoms with Gasteiger partial charge in [-0.05, 0) is 13.8 Å². The number of nitrogen functional groups attached to an aromatic ring is 1. The van der Waals surface area contributed by atoms with Gasteiger partial charge in [-0.25, -0.2) is 0 Å². The van der Waals surface area contributed by atoms with Gasteiger partial charge in [0.1, 0.15) is 11.6 Å². The lowest BCUT2D eigenvalue weighted by Crippen LogP contribution is -2.17. The molecule has 0 saturated carbocycles. The number of carbonyl (C=O) groups excluding carboxylic acids is 1. The van der Waals surface area contributed by atoms with E-state index in [0.29, 0.717) is 5.02 Å². The van der Waals surface area contributed by atoms with Crippen LogP contribution in [0.4, 0.5) is 5.82 Å². The summed E-state index contributed by atoms with van der Waals surface area (Å²) in [7, 11) is 0. The molecule has 1 aromatic heterocycles. The second-order valence-corrected chi connectivity index (χ2v) is 3.51. The Balaban J connectivity index is 2.56. The molecule has 0 radical (unpaired) electrons. The van der Waals surface area contributed by atoms with Gasteiger partial charge in [0.2, 0.25) is 0 Å². The summed E-state index contributed by atoms with van der Waals surface area (Å²) in [5.41, 5.74) is 5.40. The molecule has 0 aliphatic rings. The van der Waals surface area contributed by atoms with Gasteiger partial charge in [-0.2, -0.15) is 5.10 Å². The predicted octanol–water partition coefficient (Wildman–Crippen LogP) is 1.07. The molecule has 0 fully saturated rings. The van der Waals surface area contributed by atoms with Crippen molar-refractivity contribution < 1.29 is 9.53 Å². The van der Waals surface area contributed by atoms with E-state index in [2.05, 4.69) is 5.10 Å². The third kappa shape index (κ3) is 2.92. The minimum atomic E-state index is -0.362. The van der Waals surface area contributed by atoms with Crippen molar-refractivity contribution >= 4 is 23.4 Å². The first-order valence-electron chi connectivity index (χ1n) is 4.17. The van der Waals surface area contributed by atoms with Crippen molar-refractivity contribution in [3.05, 3.63) is 11.2 Å². The van der Waals surface area contributed by atoms with Gasteiger partial charge >= 0.3 is 5.97 Å². The van der Waals surface area contributed by atoms with Crippen molar-refractivity contribution in [2.24, 2.45) is 0 Å². The number of hydrogen-bond donors (Lipinski definition) is 1. The van der Waals surface area contributed by atoms with Crippen LogP contribution >= 0.6 is 11.6 Å². The Labute approximate surface area is 86.8 Å². The second kappa shape index (κ2) is 4.32. The van der Waals surface area contributed by atoms with Crippen LogP contribution in [0.2, 0.25) is 5.02 Å². The molecule has 1 heterocycles. The first-order valence-corrected chi connectivity index (χ1v) is 4.54. The lowest BCUT2D eigenvalue weighted by atomic mass is 10.5. The van der Waals surface area contributed by atoms with Crippen molar-refractivity contribution in [1.82, 2.24) is 9.78 Å². The molecule has 0 aliphatic carbocycles. The minimum absolute atomic E-state index is 0.0229. The Hall–Kier alpha value is -1.23. The van der Waals surface area contributed by atoms with Gasteiger partial charge < -0.3 is 10.5 Å². The fraction of sp³-hybridized carbons (Fsp3) is 0.500. The number of aromatic nitrogens is 2. The largest absolute Gasteiger partial charge is 0.462 e. The highest BCUT2D eigenvalue weighted by Gasteiger charge is 2.09. The minimum Gasteiger partial charge on any atom is -0.462 e. The molecule has 5 nitrogen and oxygen atoms in total. The van der Waals surface area contributed by atoms with E-state index in [0.717, 1.165) is 0 Å². The van der Waals surface area contributed by atoms with Gasteiger partial charge in [0.25, 0.3) is 0 Å². The molecule has 0 aromatic carbocycles. The molecule has 0 bridgehead atoms. The summed E-state index contributed by atoms with van der Waals surface area (Å²) in [5.74, 6) is -0.150. The Morgan fingerprint density at radius 2 is 2.43 bits per heavy atom. The summed E-state index contributed by atoms with van der Waals surface area (Å²) >= 11 is 5.66. The third-order valence-electron chi connectivity index (χ3n) is 1.40. The lowest BCUT2D eigenvalue weighted by molar-refractivity contribution is -0.148. The smallest absolute Gasteiger partial charge is 0.328 e. The van der Waals surface area contributed by atoms with Crippen LogP contribution in [0, 0.1) is 0 Å². The summed E-state index contributed by atoms with van der Waals surface area (Å²) in [4.78, 5) is 11.2. The van der Waals surface area contributed by atoms with Crippen LogP contribution in [0.3, 0.4) is 0 Å². The quantitative estimate of drug-likeness (QED) is 0.769. The van der Waals surface area contributed by atoms with Crippen molar-refractivity contribution in [2.45, 2.75) is 26.5 Å². The molecule has 14 heavy (non-hydrogen) atoms. The van der Waals surface area contributed by atoms with E-state index in [4.69, 9.17) is 22.1 Å². The zero-order chi connectivity index (χ0) is 10.7. The monoisotopic (exact) mass is 217 g/mol. The number of anilines is 1.